The molecular weight excluding hydrogens is 341 g/mol. The molecule has 0 amide bonds. The molecule has 1 unspecified atom stereocenters. The lowest BCUT2D eigenvalue weighted by atomic mass is 9.88. The van der Waals surface area contributed by atoms with Gasteiger partial charge in [0.05, 0.1) is 11.0 Å². The average molecular weight is 363 g/mol. The molecule has 0 bridgehead atoms. The first-order valence-electron chi connectivity index (χ1n) is 8.36. The van der Waals surface area contributed by atoms with Gasteiger partial charge in [-0.2, -0.15) is 4.31 Å². The highest BCUT2D eigenvalue weighted by Gasteiger charge is 2.33. The molecule has 0 radical (unpaired) electrons. The number of methoxy groups -OCH3 is 1. The summed E-state index contributed by atoms with van der Waals surface area (Å²) < 4.78 is 45.6. The highest BCUT2D eigenvalue weighted by Crippen LogP contribution is 2.34. The summed E-state index contributed by atoms with van der Waals surface area (Å²) in [7, 11) is -1.88. The normalized spacial score (nSPS) is 18.2. The molecule has 6 heteroatoms. The molecule has 134 valence electrons. The molecule has 0 spiro atoms. The maximum absolute atomic E-state index is 13.0. The Morgan fingerprint density at radius 1 is 1.04 bits per heavy atom. The number of piperidine rings is 1. The Labute approximate surface area is 148 Å². The fraction of sp³-hybridized carbons (Fsp3) is 0.368. The summed E-state index contributed by atoms with van der Waals surface area (Å²) >= 11 is 0. The van der Waals surface area contributed by atoms with Crippen LogP contribution in [0.15, 0.2) is 59.5 Å². The van der Waals surface area contributed by atoms with Crippen molar-refractivity contribution in [2.45, 2.75) is 23.8 Å². The smallest absolute Gasteiger partial charge is 0.243 e. The molecule has 3 rings (SSSR count). The first-order chi connectivity index (χ1) is 12.0. The Balaban J connectivity index is 1.70. The number of hydrogen-bond donors (Lipinski definition) is 0. The summed E-state index contributed by atoms with van der Waals surface area (Å²) in [6.07, 6.45) is 1.43. The average Bonchev–Trinajstić information content (AvgIpc) is 2.64. The van der Waals surface area contributed by atoms with Crippen molar-refractivity contribution in [3.05, 3.63) is 66.0 Å². The SMILES string of the molecule is COC(c1ccccc1)C1CCN(S(=O)(=O)c2ccc(F)cc2)CC1. The monoisotopic (exact) mass is 363 g/mol. The number of hydrogen-bond acceptors (Lipinski definition) is 3. The van der Waals surface area contributed by atoms with Crippen LogP contribution in [0.25, 0.3) is 0 Å². The number of sulfonamides is 1. The van der Waals surface area contributed by atoms with Gasteiger partial charge in [-0.15, -0.1) is 0 Å². The van der Waals surface area contributed by atoms with Gasteiger partial charge in [0.2, 0.25) is 10.0 Å². The van der Waals surface area contributed by atoms with Crippen LogP contribution in [0.4, 0.5) is 4.39 Å². The Morgan fingerprint density at radius 2 is 1.64 bits per heavy atom. The van der Waals surface area contributed by atoms with Gasteiger partial charge in [-0.1, -0.05) is 30.3 Å². The minimum atomic E-state index is -3.57. The molecule has 0 N–H and O–H groups in total. The molecule has 1 fully saturated rings. The van der Waals surface area contributed by atoms with Crippen molar-refractivity contribution < 1.29 is 17.5 Å². The van der Waals surface area contributed by atoms with Crippen molar-refractivity contribution in [2.24, 2.45) is 5.92 Å². The van der Waals surface area contributed by atoms with Gasteiger partial charge in [0.25, 0.3) is 0 Å². The van der Waals surface area contributed by atoms with Crippen LogP contribution >= 0.6 is 0 Å². The topological polar surface area (TPSA) is 46.6 Å². The molecule has 0 aromatic heterocycles. The summed E-state index contributed by atoms with van der Waals surface area (Å²) in [6, 6.07) is 15.0. The van der Waals surface area contributed by atoms with Crippen molar-refractivity contribution in [2.75, 3.05) is 20.2 Å². The first-order valence-corrected chi connectivity index (χ1v) is 9.80. The van der Waals surface area contributed by atoms with Crippen LogP contribution in [0.2, 0.25) is 0 Å². The van der Waals surface area contributed by atoms with Crippen molar-refractivity contribution >= 4 is 10.0 Å². The van der Waals surface area contributed by atoms with Gasteiger partial charge in [-0.25, -0.2) is 12.8 Å². The second-order valence-electron chi connectivity index (χ2n) is 6.26. The van der Waals surface area contributed by atoms with E-state index in [-0.39, 0.29) is 16.9 Å². The van der Waals surface area contributed by atoms with Gasteiger partial charge in [-0.3, -0.25) is 0 Å². The lowest BCUT2D eigenvalue weighted by Crippen LogP contribution is -2.39. The van der Waals surface area contributed by atoms with Crippen LogP contribution in [0.5, 0.6) is 0 Å². The van der Waals surface area contributed by atoms with E-state index in [0.29, 0.717) is 13.1 Å². The van der Waals surface area contributed by atoms with Gasteiger partial charge >= 0.3 is 0 Å². The van der Waals surface area contributed by atoms with E-state index >= 15 is 0 Å². The zero-order chi connectivity index (χ0) is 17.9. The molecule has 1 aliphatic heterocycles. The second kappa shape index (κ2) is 7.64. The molecule has 2 aromatic rings. The summed E-state index contributed by atoms with van der Waals surface area (Å²) in [6.45, 7) is 0.883. The summed E-state index contributed by atoms with van der Waals surface area (Å²) in [4.78, 5) is 0.138. The lowest BCUT2D eigenvalue weighted by molar-refractivity contribution is 0.0303. The molecule has 0 aliphatic carbocycles. The number of nitrogens with zero attached hydrogens (tertiary/aromatic N) is 1. The van der Waals surface area contributed by atoms with E-state index in [9.17, 15) is 12.8 Å². The van der Waals surface area contributed by atoms with Crippen LogP contribution < -0.4 is 0 Å². The zero-order valence-corrected chi connectivity index (χ0v) is 15.0. The molecule has 1 aliphatic rings. The largest absolute Gasteiger partial charge is 0.376 e. The Hall–Kier alpha value is -1.76. The van der Waals surface area contributed by atoms with Crippen molar-refractivity contribution in [1.29, 1.82) is 0 Å². The van der Waals surface area contributed by atoms with Crippen molar-refractivity contribution in [3.8, 4) is 0 Å². The quantitative estimate of drug-likeness (QED) is 0.815. The highest BCUT2D eigenvalue weighted by molar-refractivity contribution is 7.89. The molecule has 0 saturated carbocycles. The van der Waals surface area contributed by atoms with Crippen LogP contribution in [-0.2, 0) is 14.8 Å². The Bertz CT molecular complexity index is 785. The summed E-state index contributed by atoms with van der Waals surface area (Å²) in [5.41, 5.74) is 1.12. The van der Waals surface area contributed by atoms with Crippen LogP contribution in [-0.4, -0.2) is 32.9 Å². The lowest BCUT2D eigenvalue weighted by Gasteiger charge is -2.35. The van der Waals surface area contributed by atoms with Crippen LogP contribution in [0.1, 0.15) is 24.5 Å². The minimum absolute atomic E-state index is 0.0307. The van der Waals surface area contributed by atoms with Crippen molar-refractivity contribution in [3.63, 3.8) is 0 Å². The molecule has 2 aromatic carbocycles. The van der Waals surface area contributed by atoms with E-state index in [1.165, 1.54) is 28.6 Å². The minimum Gasteiger partial charge on any atom is -0.376 e. The maximum atomic E-state index is 13.0. The van der Waals surface area contributed by atoms with Crippen LogP contribution in [0.3, 0.4) is 0 Å². The van der Waals surface area contributed by atoms with Gasteiger partial charge < -0.3 is 4.74 Å². The van der Waals surface area contributed by atoms with Crippen molar-refractivity contribution in [1.82, 2.24) is 4.31 Å². The standard InChI is InChI=1S/C19H22FNO3S/c1-24-19(15-5-3-2-4-6-15)16-11-13-21(14-12-16)25(22,23)18-9-7-17(20)8-10-18/h2-10,16,19H,11-14H2,1H3. The number of rotatable bonds is 5. The number of ether oxygens (including phenoxy) is 1. The third-order valence-corrected chi connectivity index (χ3v) is 6.67. The molecule has 25 heavy (non-hydrogen) atoms. The summed E-state index contributed by atoms with van der Waals surface area (Å²) in [5.74, 6) is -0.171. The summed E-state index contributed by atoms with van der Waals surface area (Å²) in [5, 5.41) is 0. The zero-order valence-electron chi connectivity index (χ0n) is 14.1. The number of benzene rings is 2. The molecule has 1 atom stereocenters. The fourth-order valence-electron chi connectivity index (χ4n) is 3.42. The van der Waals surface area contributed by atoms with Gasteiger partial charge in [-0.05, 0) is 48.6 Å². The second-order valence-corrected chi connectivity index (χ2v) is 8.20. The highest BCUT2D eigenvalue weighted by atomic mass is 32.2. The van der Waals surface area contributed by atoms with Gasteiger partial charge in [0.15, 0.2) is 0 Å². The third-order valence-electron chi connectivity index (χ3n) is 4.76. The Morgan fingerprint density at radius 3 is 2.20 bits per heavy atom. The Kier molecular flexibility index (Phi) is 5.51. The molecular formula is C19H22FNO3S. The predicted octanol–water partition coefficient (Wildman–Crippen LogP) is 3.61. The molecule has 1 saturated heterocycles. The first kappa shape index (κ1) is 18.0. The maximum Gasteiger partial charge on any atom is 0.243 e. The number of halogens is 1. The van der Waals surface area contributed by atoms with Crippen LogP contribution in [0, 0.1) is 11.7 Å². The third kappa shape index (κ3) is 3.92. The van der Waals surface area contributed by atoms with E-state index in [0.717, 1.165) is 18.4 Å². The van der Waals surface area contributed by atoms with E-state index in [1.54, 1.807) is 7.11 Å². The fourth-order valence-corrected chi connectivity index (χ4v) is 4.89. The van der Waals surface area contributed by atoms with E-state index < -0.39 is 15.8 Å². The van der Waals surface area contributed by atoms with E-state index in [4.69, 9.17) is 4.74 Å². The van der Waals surface area contributed by atoms with E-state index in [1.807, 2.05) is 30.3 Å². The molecule has 4 nitrogen and oxygen atoms in total. The predicted molar refractivity (Wildman–Crippen MR) is 94.1 cm³/mol. The van der Waals surface area contributed by atoms with E-state index in [2.05, 4.69) is 0 Å². The van der Waals surface area contributed by atoms with Gasteiger partial charge in [0.1, 0.15) is 5.82 Å². The molecule has 1 heterocycles. The van der Waals surface area contributed by atoms with Gasteiger partial charge in [0, 0.05) is 20.2 Å².